The van der Waals surface area contributed by atoms with Crippen LogP contribution >= 0.6 is 11.6 Å². The molecule has 2 atom stereocenters. The highest BCUT2D eigenvalue weighted by atomic mass is 35.5. The molecular weight excluding hydrogens is 458 g/mol. The number of benzene rings is 2. The van der Waals surface area contributed by atoms with Crippen LogP contribution in [-0.4, -0.2) is 67.1 Å². The summed E-state index contributed by atoms with van der Waals surface area (Å²) in [5.41, 5.74) is 1.30. The van der Waals surface area contributed by atoms with Gasteiger partial charge in [-0.2, -0.15) is 0 Å². The maximum absolute atomic E-state index is 12.8. The Hall–Kier alpha value is -1.92. The van der Waals surface area contributed by atoms with Crippen molar-refractivity contribution in [2.75, 3.05) is 39.3 Å². The van der Waals surface area contributed by atoms with Crippen LogP contribution in [0, 0.1) is 5.92 Å². The van der Waals surface area contributed by atoms with Gasteiger partial charge in [0.25, 0.3) is 0 Å². The summed E-state index contributed by atoms with van der Waals surface area (Å²) in [6.07, 6.45) is 5.97. The smallest absolute Gasteiger partial charge is 0.193 e. The Balaban J connectivity index is 1.34. The summed E-state index contributed by atoms with van der Waals surface area (Å²) in [7, 11) is 0. The van der Waals surface area contributed by atoms with Crippen LogP contribution in [0.2, 0.25) is 5.02 Å². The molecule has 190 valence electrons. The van der Waals surface area contributed by atoms with Gasteiger partial charge in [0.15, 0.2) is 12.0 Å². The average molecular weight is 498 g/mol. The van der Waals surface area contributed by atoms with Crippen LogP contribution in [0.4, 0.5) is 0 Å². The number of piperidine rings is 1. The fraction of sp³-hybridized carbons (Fsp3) is 0.552. The summed E-state index contributed by atoms with van der Waals surface area (Å²) < 4.78 is 6.49. The van der Waals surface area contributed by atoms with Crippen molar-refractivity contribution in [2.45, 2.75) is 58.2 Å². The topological polar surface area (TPSA) is 44.8 Å². The molecule has 0 spiro atoms. The first-order chi connectivity index (χ1) is 17.0. The van der Waals surface area contributed by atoms with E-state index in [1.54, 1.807) is 24.3 Å². The highest BCUT2D eigenvalue weighted by Gasteiger charge is 2.30. The van der Waals surface area contributed by atoms with Crippen LogP contribution < -0.4 is 10.1 Å². The molecule has 2 saturated heterocycles. The molecule has 4 rings (SSSR count). The number of rotatable bonds is 10. The second-order valence-corrected chi connectivity index (χ2v) is 10.4. The van der Waals surface area contributed by atoms with Gasteiger partial charge in [-0.15, -0.1) is 0 Å². The highest BCUT2D eigenvalue weighted by Crippen LogP contribution is 2.25. The Morgan fingerprint density at radius 2 is 1.54 bits per heavy atom. The lowest BCUT2D eigenvalue weighted by Crippen LogP contribution is -2.55. The first-order valence-electron chi connectivity index (χ1n) is 13.3. The fourth-order valence-electron chi connectivity index (χ4n) is 5.36. The minimum atomic E-state index is -0.00487. The van der Waals surface area contributed by atoms with E-state index in [1.165, 1.54) is 12.8 Å². The Morgan fingerprint density at radius 1 is 0.971 bits per heavy atom. The van der Waals surface area contributed by atoms with E-state index in [-0.39, 0.29) is 12.0 Å². The maximum atomic E-state index is 12.8. The van der Waals surface area contributed by atoms with E-state index in [1.807, 2.05) is 24.3 Å². The monoisotopic (exact) mass is 497 g/mol. The van der Waals surface area contributed by atoms with Gasteiger partial charge < -0.3 is 10.1 Å². The molecule has 0 saturated carbocycles. The molecule has 2 aromatic carbocycles. The van der Waals surface area contributed by atoms with Gasteiger partial charge in [-0.05, 0) is 100 Å². The van der Waals surface area contributed by atoms with Crippen molar-refractivity contribution < 1.29 is 9.53 Å². The number of hydrogen-bond acceptors (Lipinski definition) is 5. The van der Waals surface area contributed by atoms with Crippen molar-refractivity contribution >= 4 is 17.4 Å². The molecule has 2 aliphatic rings. The maximum Gasteiger partial charge on any atom is 0.193 e. The third-order valence-electron chi connectivity index (χ3n) is 7.70. The van der Waals surface area contributed by atoms with Crippen molar-refractivity contribution in [1.29, 1.82) is 0 Å². The molecule has 0 aromatic heterocycles. The summed E-state index contributed by atoms with van der Waals surface area (Å²) in [5, 5.41) is 4.12. The van der Waals surface area contributed by atoms with Gasteiger partial charge in [0.05, 0.1) is 0 Å². The Bertz CT molecular complexity index is 920. The van der Waals surface area contributed by atoms with Gasteiger partial charge in [0, 0.05) is 48.4 Å². The third kappa shape index (κ3) is 7.07. The zero-order valence-corrected chi connectivity index (χ0v) is 22.0. The second kappa shape index (κ2) is 12.9. The fourth-order valence-corrected chi connectivity index (χ4v) is 5.49. The molecule has 6 heteroatoms. The summed E-state index contributed by atoms with van der Waals surface area (Å²) in [6, 6.07) is 15.3. The van der Waals surface area contributed by atoms with E-state index < -0.39 is 0 Å². The van der Waals surface area contributed by atoms with Crippen molar-refractivity contribution in [2.24, 2.45) is 5.92 Å². The van der Waals surface area contributed by atoms with Crippen molar-refractivity contribution in [3.63, 3.8) is 0 Å². The van der Waals surface area contributed by atoms with E-state index in [9.17, 15) is 4.79 Å². The first kappa shape index (κ1) is 26.2. The number of carbonyl (C=O) groups is 1. The number of nitrogens with zero attached hydrogens (tertiary/aromatic N) is 2. The number of nitrogens with one attached hydrogen (secondary N) is 1. The lowest BCUT2D eigenvalue weighted by molar-refractivity contribution is -0.0271. The first-order valence-corrected chi connectivity index (χ1v) is 13.7. The normalized spacial score (nSPS) is 19.9. The summed E-state index contributed by atoms with van der Waals surface area (Å²) >= 11 is 5.95. The number of unbranched alkanes of at least 4 members (excludes halogenated alkanes) is 1. The van der Waals surface area contributed by atoms with Gasteiger partial charge in [-0.25, -0.2) is 0 Å². The van der Waals surface area contributed by atoms with Gasteiger partial charge in [0.1, 0.15) is 5.75 Å². The second-order valence-electron chi connectivity index (χ2n) is 9.98. The zero-order chi connectivity index (χ0) is 24.6. The van der Waals surface area contributed by atoms with E-state index in [4.69, 9.17) is 16.3 Å². The number of halogens is 1. The van der Waals surface area contributed by atoms with Crippen LogP contribution in [0.5, 0.6) is 5.75 Å². The van der Waals surface area contributed by atoms with Gasteiger partial charge in [-0.3, -0.25) is 14.6 Å². The van der Waals surface area contributed by atoms with Gasteiger partial charge in [0.2, 0.25) is 0 Å². The average Bonchev–Trinajstić information content (AvgIpc) is 2.91. The van der Waals surface area contributed by atoms with Crippen LogP contribution in [0.15, 0.2) is 48.5 Å². The van der Waals surface area contributed by atoms with E-state index >= 15 is 0 Å². The molecule has 35 heavy (non-hydrogen) atoms. The molecule has 2 aliphatic heterocycles. The van der Waals surface area contributed by atoms with Crippen LogP contribution in [0.1, 0.15) is 61.9 Å². The van der Waals surface area contributed by atoms with Crippen molar-refractivity contribution in [3.8, 4) is 5.75 Å². The standard InChI is InChI=1S/C29H40ClN3O2/c1-3-4-5-28(33-20-18-32(19-21-33)22(2)23-14-16-31-17-15-23)35-27-12-8-25(9-13-27)29(34)24-6-10-26(30)11-7-24/h6-13,22-23,28,31H,3-5,14-21H2,1-2H3. The minimum Gasteiger partial charge on any atom is -0.475 e. The van der Waals surface area contributed by atoms with Crippen LogP contribution in [0.25, 0.3) is 0 Å². The molecule has 5 nitrogen and oxygen atoms in total. The summed E-state index contributed by atoms with van der Waals surface area (Å²) in [6.45, 7) is 11.2. The van der Waals surface area contributed by atoms with Crippen LogP contribution in [-0.2, 0) is 0 Å². The number of ketones is 1. The highest BCUT2D eigenvalue weighted by molar-refractivity contribution is 6.30. The molecule has 0 bridgehead atoms. The van der Waals surface area contributed by atoms with E-state index in [0.717, 1.165) is 70.2 Å². The van der Waals surface area contributed by atoms with Gasteiger partial charge in [-0.1, -0.05) is 24.9 Å². The molecule has 1 N–H and O–H groups in total. The molecule has 2 fully saturated rings. The van der Waals surface area contributed by atoms with E-state index in [2.05, 4.69) is 29.0 Å². The van der Waals surface area contributed by atoms with Crippen LogP contribution in [0.3, 0.4) is 0 Å². The number of piperazine rings is 1. The Labute approximate surface area is 215 Å². The SMILES string of the molecule is CCCCC(Oc1ccc(C(=O)c2ccc(Cl)cc2)cc1)N1CCN(C(C)C2CCNCC2)CC1. The molecule has 2 heterocycles. The zero-order valence-electron chi connectivity index (χ0n) is 21.2. The largest absolute Gasteiger partial charge is 0.475 e. The predicted molar refractivity (Wildman–Crippen MR) is 143 cm³/mol. The number of ether oxygens (including phenoxy) is 1. The Morgan fingerprint density at radius 3 is 2.14 bits per heavy atom. The van der Waals surface area contributed by atoms with Crippen molar-refractivity contribution in [3.05, 3.63) is 64.7 Å². The Kier molecular flexibility index (Phi) is 9.61. The number of hydrogen-bond donors (Lipinski definition) is 1. The quantitative estimate of drug-likeness (QED) is 0.441. The van der Waals surface area contributed by atoms with E-state index in [0.29, 0.717) is 22.2 Å². The lowest BCUT2D eigenvalue weighted by Gasteiger charge is -2.44. The van der Waals surface area contributed by atoms with Gasteiger partial charge >= 0.3 is 0 Å². The predicted octanol–water partition coefficient (Wildman–Crippen LogP) is 5.47. The minimum absolute atomic E-state index is 0.00487. The molecule has 0 amide bonds. The molecule has 0 aliphatic carbocycles. The number of carbonyl (C=O) groups excluding carboxylic acids is 1. The molecule has 0 radical (unpaired) electrons. The summed E-state index contributed by atoms with van der Waals surface area (Å²) in [5.74, 6) is 1.63. The molecule has 2 aromatic rings. The third-order valence-corrected chi connectivity index (χ3v) is 7.95. The molecule has 2 unspecified atom stereocenters. The summed E-state index contributed by atoms with van der Waals surface area (Å²) in [4.78, 5) is 18.0. The lowest BCUT2D eigenvalue weighted by atomic mass is 9.90. The van der Waals surface area contributed by atoms with Crippen molar-refractivity contribution in [1.82, 2.24) is 15.1 Å². The molecular formula is C29H40ClN3O2.